The van der Waals surface area contributed by atoms with Crippen molar-refractivity contribution in [1.29, 1.82) is 5.41 Å². The van der Waals surface area contributed by atoms with Crippen LogP contribution >= 0.6 is 7.94 Å². The van der Waals surface area contributed by atoms with Crippen LogP contribution in [0, 0.1) is 5.41 Å². The van der Waals surface area contributed by atoms with Crippen molar-refractivity contribution in [2.75, 3.05) is 6.16 Å². The second-order valence-corrected chi connectivity index (χ2v) is 3.59. The molecule has 0 spiro atoms. The summed E-state index contributed by atoms with van der Waals surface area (Å²) in [6, 6.07) is 0. The number of unbranched alkanes of at least 4 members (excludes halogenated alkanes) is 1. The summed E-state index contributed by atoms with van der Waals surface area (Å²) < 4.78 is 0. The Morgan fingerprint density at radius 1 is 1.33 bits per heavy atom. The Hall–Kier alpha value is -0.0200. The van der Waals surface area contributed by atoms with E-state index in [9.17, 15) is 0 Å². The molecule has 0 saturated heterocycles. The lowest BCUT2D eigenvalue weighted by atomic mass is 10.4. The molecular formula is C4H11NO3P+. The van der Waals surface area contributed by atoms with Crippen LogP contribution < -0.4 is 0 Å². The number of hydrogen-bond acceptors (Lipinski definition) is 4. The number of hydrogen-bond donors (Lipinski definition) is 4. The van der Waals surface area contributed by atoms with Gasteiger partial charge >= 0.3 is 7.94 Å². The molecule has 0 fully saturated rings. The van der Waals surface area contributed by atoms with Crippen molar-refractivity contribution in [3.8, 4) is 0 Å². The van der Waals surface area contributed by atoms with Crippen LogP contribution in [0.25, 0.3) is 0 Å². The number of rotatable bonds is 4. The Morgan fingerprint density at radius 3 is 2.22 bits per heavy atom. The lowest BCUT2D eigenvalue weighted by molar-refractivity contribution is 0.330. The van der Waals surface area contributed by atoms with Gasteiger partial charge < -0.3 is 5.41 Å². The highest BCUT2D eigenvalue weighted by Gasteiger charge is 2.27. The van der Waals surface area contributed by atoms with Crippen molar-refractivity contribution in [2.45, 2.75) is 12.8 Å². The van der Waals surface area contributed by atoms with Gasteiger partial charge in [0.15, 0.2) is 0 Å². The van der Waals surface area contributed by atoms with Gasteiger partial charge in [0.05, 0.1) is 0 Å². The van der Waals surface area contributed by atoms with Crippen LogP contribution in [0.4, 0.5) is 0 Å². The monoisotopic (exact) mass is 152 g/mol. The molecule has 0 unspecified atom stereocenters. The van der Waals surface area contributed by atoms with Gasteiger partial charge in [0.1, 0.15) is 6.16 Å². The van der Waals surface area contributed by atoms with Gasteiger partial charge in [-0.25, -0.2) is 0 Å². The van der Waals surface area contributed by atoms with Gasteiger partial charge in [-0.2, -0.15) is 14.7 Å². The largest absolute Gasteiger partial charge is 0.403 e. The normalized spacial score (nSPS) is 11.4. The van der Waals surface area contributed by atoms with E-state index in [4.69, 9.17) is 20.1 Å². The molecule has 0 aliphatic carbocycles. The smallest absolute Gasteiger partial charge is 0.313 e. The maximum atomic E-state index is 8.39. The van der Waals surface area contributed by atoms with E-state index in [1.807, 2.05) is 0 Å². The second-order valence-electron chi connectivity index (χ2n) is 1.76. The summed E-state index contributed by atoms with van der Waals surface area (Å²) in [6.07, 6.45) is 2.13. The standard InChI is InChI=1S/C4H11NO3P/c5-3-1-2-4-9(6,7)8/h3,5-8H,1-2,4H2/q+1. The Kier molecular flexibility index (Phi) is 3.89. The highest BCUT2D eigenvalue weighted by Crippen LogP contribution is 2.44. The molecule has 0 aromatic heterocycles. The molecule has 5 heteroatoms. The van der Waals surface area contributed by atoms with E-state index in [0.717, 1.165) is 0 Å². The van der Waals surface area contributed by atoms with Crippen molar-refractivity contribution in [1.82, 2.24) is 0 Å². The summed E-state index contributed by atoms with van der Waals surface area (Å²) in [5, 5.41) is 6.55. The SMILES string of the molecule is N=CCCC[P+](O)(O)O. The minimum absolute atomic E-state index is 0.00236. The van der Waals surface area contributed by atoms with Gasteiger partial charge in [0.2, 0.25) is 0 Å². The van der Waals surface area contributed by atoms with E-state index >= 15 is 0 Å². The molecule has 0 bridgehead atoms. The van der Waals surface area contributed by atoms with Gasteiger partial charge in [-0.15, -0.1) is 0 Å². The highest BCUT2D eigenvalue weighted by atomic mass is 31.2. The highest BCUT2D eigenvalue weighted by molar-refractivity contribution is 7.58. The molecule has 9 heavy (non-hydrogen) atoms. The fourth-order valence-electron chi connectivity index (χ4n) is 0.405. The van der Waals surface area contributed by atoms with E-state index in [2.05, 4.69) is 0 Å². The van der Waals surface area contributed by atoms with E-state index in [-0.39, 0.29) is 6.16 Å². The second kappa shape index (κ2) is 3.90. The van der Waals surface area contributed by atoms with Crippen LogP contribution in [-0.2, 0) is 0 Å². The molecule has 4 N–H and O–H groups in total. The van der Waals surface area contributed by atoms with E-state index in [1.54, 1.807) is 0 Å². The third kappa shape index (κ3) is 7.98. The molecule has 0 rings (SSSR count). The molecular weight excluding hydrogens is 141 g/mol. The Labute approximate surface area is 54.2 Å². The van der Waals surface area contributed by atoms with Gasteiger partial charge in [0, 0.05) is 0 Å². The minimum atomic E-state index is -3.55. The maximum Gasteiger partial charge on any atom is 0.403 e. The zero-order valence-corrected chi connectivity index (χ0v) is 5.88. The van der Waals surface area contributed by atoms with Crippen molar-refractivity contribution < 1.29 is 14.7 Å². The summed E-state index contributed by atoms with van der Waals surface area (Å²) in [5.41, 5.74) is 0. The summed E-state index contributed by atoms with van der Waals surface area (Å²) in [7, 11) is -3.55. The van der Waals surface area contributed by atoms with Gasteiger partial charge in [-0.3, -0.25) is 0 Å². The van der Waals surface area contributed by atoms with Crippen LogP contribution in [0.2, 0.25) is 0 Å². The van der Waals surface area contributed by atoms with Crippen LogP contribution in [0.5, 0.6) is 0 Å². The zero-order valence-electron chi connectivity index (χ0n) is 4.99. The van der Waals surface area contributed by atoms with E-state index < -0.39 is 7.94 Å². The Morgan fingerprint density at radius 2 is 1.89 bits per heavy atom. The first-order valence-electron chi connectivity index (χ1n) is 2.61. The predicted octanol–water partition coefficient (Wildman–Crippen LogP) is 0.156. The molecule has 0 aromatic rings. The van der Waals surface area contributed by atoms with Crippen molar-refractivity contribution in [3.05, 3.63) is 0 Å². The third-order valence-corrected chi connectivity index (χ3v) is 1.72. The van der Waals surface area contributed by atoms with Crippen molar-refractivity contribution in [2.24, 2.45) is 0 Å². The minimum Gasteiger partial charge on any atom is -0.313 e. The molecule has 0 aliphatic heterocycles. The van der Waals surface area contributed by atoms with E-state index in [1.165, 1.54) is 6.21 Å². The molecule has 0 heterocycles. The van der Waals surface area contributed by atoms with Crippen LogP contribution in [0.1, 0.15) is 12.8 Å². The van der Waals surface area contributed by atoms with Gasteiger partial charge in [-0.05, 0) is 19.1 Å². The average molecular weight is 152 g/mol. The molecule has 0 aromatic carbocycles. The van der Waals surface area contributed by atoms with Crippen molar-refractivity contribution in [3.63, 3.8) is 0 Å². The lowest BCUT2D eigenvalue weighted by Crippen LogP contribution is -1.94. The first-order valence-corrected chi connectivity index (χ1v) is 4.45. The zero-order chi connectivity index (χ0) is 7.33. The van der Waals surface area contributed by atoms with Gasteiger partial charge in [0.25, 0.3) is 0 Å². The maximum absolute atomic E-state index is 8.39. The van der Waals surface area contributed by atoms with Crippen LogP contribution in [0.3, 0.4) is 0 Å². The molecule has 4 nitrogen and oxygen atoms in total. The topological polar surface area (TPSA) is 84.5 Å². The molecule has 54 valence electrons. The van der Waals surface area contributed by atoms with Gasteiger partial charge in [-0.1, -0.05) is 0 Å². The summed E-state index contributed by atoms with van der Waals surface area (Å²) >= 11 is 0. The Bertz CT molecular complexity index is 90.3. The average Bonchev–Trinajstić information content (AvgIpc) is 1.63. The summed E-state index contributed by atoms with van der Waals surface area (Å²) in [6.45, 7) is 0. The third-order valence-electron chi connectivity index (χ3n) is 0.807. The fourth-order valence-corrected chi connectivity index (χ4v) is 1.01. The molecule has 0 radical (unpaired) electrons. The molecule has 0 atom stereocenters. The molecule has 0 amide bonds. The number of nitrogens with one attached hydrogen (secondary N) is 1. The van der Waals surface area contributed by atoms with E-state index in [0.29, 0.717) is 12.8 Å². The quantitative estimate of drug-likeness (QED) is 0.263. The fraction of sp³-hybridized carbons (Fsp3) is 0.750. The molecule has 0 saturated carbocycles. The van der Waals surface area contributed by atoms with Crippen LogP contribution in [0.15, 0.2) is 0 Å². The first-order chi connectivity index (χ1) is 4.06. The van der Waals surface area contributed by atoms with Crippen molar-refractivity contribution >= 4 is 14.2 Å². The molecule has 0 aliphatic rings. The predicted molar refractivity (Wildman–Crippen MR) is 36.5 cm³/mol. The van der Waals surface area contributed by atoms with Crippen LogP contribution in [-0.4, -0.2) is 27.1 Å². The summed E-state index contributed by atoms with van der Waals surface area (Å²) in [5.74, 6) is 0. The Balaban J connectivity index is 3.17. The first kappa shape index (κ1) is 8.98. The summed E-state index contributed by atoms with van der Waals surface area (Å²) in [4.78, 5) is 25.2. The lowest BCUT2D eigenvalue weighted by Gasteiger charge is -2.00.